The summed E-state index contributed by atoms with van der Waals surface area (Å²) in [6.45, 7) is 5.58. The van der Waals surface area contributed by atoms with E-state index in [1.807, 2.05) is 13.8 Å². The Balaban J connectivity index is 2.17. The Bertz CT molecular complexity index is 1170. The van der Waals surface area contributed by atoms with E-state index in [2.05, 4.69) is 15.5 Å². The molecular weight excluding hydrogens is 348 g/mol. The summed E-state index contributed by atoms with van der Waals surface area (Å²) < 4.78 is 4.10. The number of fused-ring (bicyclic) bond motifs is 1. The van der Waals surface area contributed by atoms with Crippen LogP contribution in [0, 0.1) is 0 Å². The molecule has 2 aromatic heterocycles. The lowest BCUT2D eigenvalue weighted by Crippen LogP contribution is -2.37. The van der Waals surface area contributed by atoms with Crippen molar-refractivity contribution in [2.45, 2.75) is 26.8 Å². The molecule has 9 nitrogen and oxygen atoms in total. The molecule has 27 heavy (non-hydrogen) atoms. The maximum Gasteiger partial charge on any atom is 0.332 e. The first-order chi connectivity index (χ1) is 12.7. The van der Waals surface area contributed by atoms with Gasteiger partial charge in [-0.3, -0.25) is 13.9 Å². The van der Waals surface area contributed by atoms with Crippen molar-refractivity contribution >= 4 is 22.8 Å². The summed E-state index contributed by atoms with van der Waals surface area (Å²) in [5.74, 6) is 0.460. The van der Waals surface area contributed by atoms with E-state index in [0.29, 0.717) is 22.7 Å². The molecule has 0 aliphatic rings. The monoisotopic (exact) mass is 370 g/mol. The molecule has 0 saturated heterocycles. The van der Waals surface area contributed by atoms with E-state index in [1.54, 1.807) is 42.8 Å². The van der Waals surface area contributed by atoms with E-state index in [-0.39, 0.29) is 17.4 Å². The van der Waals surface area contributed by atoms with Gasteiger partial charge in [0.1, 0.15) is 5.75 Å². The van der Waals surface area contributed by atoms with Gasteiger partial charge in [-0.25, -0.2) is 10.2 Å². The highest BCUT2D eigenvalue weighted by Crippen LogP contribution is 2.22. The SMILES string of the molecule is C/C(=N\Nc1nc2c(c(=O)n(C)c(=O)n2C)n1C(C)C)c1ccccc1O. The zero-order chi connectivity index (χ0) is 19.9. The van der Waals surface area contributed by atoms with Crippen molar-refractivity contribution < 1.29 is 5.11 Å². The number of anilines is 1. The van der Waals surface area contributed by atoms with Crippen LogP contribution in [0.2, 0.25) is 0 Å². The molecule has 142 valence electrons. The summed E-state index contributed by atoms with van der Waals surface area (Å²) in [6, 6.07) is 6.77. The lowest BCUT2D eigenvalue weighted by Gasteiger charge is -2.12. The zero-order valence-corrected chi connectivity index (χ0v) is 15.9. The summed E-state index contributed by atoms with van der Waals surface area (Å²) in [7, 11) is 3.01. The number of benzene rings is 1. The number of nitrogens with zero attached hydrogens (tertiary/aromatic N) is 5. The molecule has 0 saturated carbocycles. The van der Waals surface area contributed by atoms with Crippen LogP contribution in [0.3, 0.4) is 0 Å². The van der Waals surface area contributed by atoms with Gasteiger partial charge in [-0.15, -0.1) is 0 Å². The number of aromatic hydroxyl groups is 1. The van der Waals surface area contributed by atoms with Crippen LogP contribution in [0.5, 0.6) is 5.75 Å². The largest absolute Gasteiger partial charge is 0.507 e. The van der Waals surface area contributed by atoms with Gasteiger partial charge in [0.2, 0.25) is 5.95 Å². The second-order valence-electron chi connectivity index (χ2n) is 6.60. The molecule has 0 aliphatic carbocycles. The van der Waals surface area contributed by atoms with Gasteiger partial charge in [0.25, 0.3) is 5.56 Å². The molecule has 0 amide bonds. The lowest BCUT2D eigenvalue weighted by atomic mass is 10.1. The molecular formula is C18H22N6O3. The van der Waals surface area contributed by atoms with Crippen molar-refractivity contribution in [3.8, 4) is 5.75 Å². The molecule has 0 atom stereocenters. The number of hydrogen-bond donors (Lipinski definition) is 2. The van der Waals surface area contributed by atoms with Gasteiger partial charge in [-0.2, -0.15) is 10.1 Å². The van der Waals surface area contributed by atoms with Crippen molar-refractivity contribution in [3.05, 3.63) is 50.7 Å². The predicted octanol–water partition coefficient (Wildman–Crippen LogP) is 1.56. The van der Waals surface area contributed by atoms with Crippen molar-refractivity contribution in [1.29, 1.82) is 0 Å². The van der Waals surface area contributed by atoms with Crippen LogP contribution < -0.4 is 16.7 Å². The Morgan fingerprint density at radius 2 is 1.85 bits per heavy atom. The van der Waals surface area contributed by atoms with Crippen LogP contribution in [-0.4, -0.2) is 29.5 Å². The van der Waals surface area contributed by atoms with Gasteiger partial charge >= 0.3 is 5.69 Å². The molecule has 0 unspecified atom stereocenters. The third-order valence-electron chi connectivity index (χ3n) is 4.43. The summed E-state index contributed by atoms with van der Waals surface area (Å²) in [5.41, 5.74) is 3.76. The summed E-state index contributed by atoms with van der Waals surface area (Å²) in [4.78, 5) is 29.2. The van der Waals surface area contributed by atoms with Crippen molar-refractivity contribution in [2.75, 3.05) is 5.43 Å². The van der Waals surface area contributed by atoms with Crippen LogP contribution in [0.4, 0.5) is 5.95 Å². The maximum absolute atomic E-state index is 12.6. The molecule has 0 aliphatic heterocycles. The fraction of sp³-hybridized carbons (Fsp3) is 0.333. The van der Waals surface area contributed by atoms with Crippen molar-refractivity contribution in [3.63, 3.8) is 0 Å². The second kappa shape index (κ2) is 6.75. The minimum atomic E-state index is -0.443. The number of para-hydroxylation sites is 1. The number of aromatic nitrogens is 4. The molecule has 2 heterocycles. The molecule has 2 N–H and O–H groups in total. The number of phenols is 1. The highest BCUT2D eigenvalue weighted by atomic mass is 16.3. The van der Waals surface area contributed by atoms with Gasteiger partial charge in [0.05, 0.1) is 5.71 Å². The Morgan fingerprint density at radius 1 is 1.19 bits per heavy atom. The first-order valence-corrected chi connectivity index (χ1v) is 8.50. The van der Waals surface area contributed by atoms with E-state index in [9.17, 15) is 14.7 Å². The predicted molar refractivity (Wildman–Crippen MR) is 105 cm³/mol. The van der Waals surface area contributed by atoms with E-state index in [1.165, 1.54) is 11.6 Å². The van der Waals surface area contributed by atoms with Gasteiger partial charge in [-0.1, -0.05) is 12.1 Å². The number of imidazole rings is 1. The Labute approximate surface area is 155 Å². The topological polar surface area (TPSA) is 106 Å². The van der Waals surface area contributed by atoms with Crippen molar-refractivity contribution in [2.24, 2.45) is 19.2 Å². The molecule has 0 fully saturated rings. The number of aryl methyl sites for hydroxylation is 1. The summed E-state index contributed by atoms with van der Waals surface area (Å²) in [6.07, 6.45) is 0. The lowest BCUT2D eigenvalue weighted by molar-refractivity contribution is 0.474. The number of hydrogen-bond acceptors (Lipinski definition) is 6. The van der Waals surface area contributed by atoms with Crippen molar-refractivity contribution in [1.82, 2.24) is 18.7 Å². The Kier molecular flexibility index (Phi) is 4.61. The minimum absolute atomic E-state index is 0.0941. The van der Waals surface area contributed by atoms with E-state index in [4.69, 9.17) is 0 Å². The minimum Gasteiger partial charge on any atom is -0.507 e. The molecule has 0 bridgehead atoms. The molecule has 3 rings (SSSR count). The Hall–Kier alpha value is -3.36. The van der Waals surface area contributed by atoms with Crippen LogP contribution in [0.15, 0.2) is 39.0 Å². The average Bonchev–Trinajstić information content (AvgIpc) is 3.03. The maximum atomic E-state index is 12.6. The molecule has 1 aromatic carbocycles. The third kappa shape index (κ3) is 3.01. The third-order valence-corrected chi connectivity index (χ3v) is 4.43. The summed E-state index contributed by atoms with van der Waals surface area (Å²) in [5, 5.41) is 14.3. The van der Waals surface area contributed by atoms with Gasteiger partial charge in [-0.05, 0) is 32.9 Å². The zero-order valence-electron chi connectivity index (χ0n) is 15.9. The van der Waals surface area contributed by atoms with E-state index < -0.39 is 11.2 Å². The first-order valence-electron chi connectivity index (χ1n) is 8.50. The van der Waals surface area contributed by atoms with Crippen LogP contribution in [-0.2, 0) is 14.1 Å². The van der Waals surface area contributed by atoms with Crippen LogP contribution in [0.1, 0.15) is 32.4 Å². The quantitative estimate of drug-likeness (QED) is 0.535. The van der Waals surface area contributed by atoms with E-state index >= 15 is 0 Å². The normalized spacial score (nSPS) is 12.1. The smallest absolute Gasteiger partial charge is 0.332 e. The Morgan fingerprint density at radius 3 is 2.48 bits per heavy atom. The van der Waals surface area contributed by atoms with Gasteiger partial charge in [0.15, 0.2) is 11.2 Å². The summed E-state index contributed by atoms with van der Waals surface area (Å²) >= 11 is 0. The number of hydrazone groups is 1. The average molecular weight is 370 g/mol. The molecule has 9 heteroatoms. The molecule has 0 radical (unpaired) electrons. The van der Waals surface area contributed by atoms with Crippen LogP contribution >= 0.6 is 0 Å². The van der Waals surface area contributed by atoms with E-state index in [0.717, 1.165) is 4.57 Å². The molecule has 0 spiro atoms. The molecule has 3 aromatic rings. The fourth-order valence-corrected chi connectivity index (χ4v) is 2.97. The van der Waals surface area contributed by atoms with Crippen LogP contribution in [0.25, 0.3) is 11.2 Å². The second-order valence-corrected chi connectivity index (χ2v) is 6.60. The number of phenolic OH excluding ortho intramolecular Hbond substituents is 1. The highest BCUT2D eigenvalue weighted by molar-refractivity contribution is 6.01. The van der Waals surface area contributed by atoms with Gasteiger partial charge < -0.3 is 9.67 Å². The fourth-order valence-electron chi connectivity index (χ4n) is 2.97. The number of nitrogens with one attached hydrogen (secondary N) is 1. The highest BCUT2D eigenvalue weighted by Gasteiger charge is 2.20. The standard InChI is InChI=1S/C18H22N6O3/c1-10(2)24-14-15(22(4)18(27)23(5)16(14)26)19-17(24)21-20-11(3)12-8-6-7-9-13(12)25/h6-10,25H,1-5H3,(H,19,21)/b20-11+. The van der Waals surface area contributed by atoms with Gasteiger partial charge in [0, 0.05) is 25.7 Å². The number of rotatable bonds is 4. The first kappa shape index (κ1) is 18.4.